The van der Waals surface area contributed by atoms with Gasteiger partial charge in [-0.05, 0) is 53.7 Å². The molecule has 0 aliphatic carbocycles. The van der Waals surface area contributed by atoms with Crippen LogP contribution in [0, 0.1) is 5.82 Å². The van der Waals surface area contributed by atoms with E-state index in [9.17, 15) is 9.41 Å². The van der Waals surface area contributed by atoms with E-state index in [1.165, 1.54) is 12.1 Å². The summed E-state index contributed by atoms with van der Waals surface area (Å²) in [5, 5.41) is 16.2. The van der Waals surface area contributed by atoms with E-state index in [0.717, 1.165) is 6.20 Å². The molecule has 2 aromatic heterocycles. The number of pyridine rings is 1. The summed E-state index contributed by atoms with van der Waals surface area (Å²) in [4.78, 5) is 4.16. The van der Waals surface area contributed by atoms with E-state index in [1.54, 1.807) is 4.68 Å². The van der Waals surface area contributed by atoms with E-state index >= 15 is 0 Å². The number of rotatable bonds is 2. The van der Waals surface area contributed by atoms with E-state index in [2.05, 4.69) is 10.1 Å². The zero-order valence-electron chi connectivity index (χ0n) is 18.1. The molecular weight excluding hydrogens is 371 g/mol. The van der Waals surface area contributed by atoms with Gasteiger partial charge in [0.15, 0.2) is 0 Å². The summed E-state index contributed by atoms with van der Waals surface area (Å²) < 4.78 is 33.3. The zero-order valence-corrected chi connectivity index (χ0v) is 18.1. The molecule has 7 nitrogen and oxygen atoms in total. The number of halogens is 1. The average Bonchev–Trinajstić information content (AvgIpc) is 2.99. The fourth-order valence-electron chi connectivity index (χ4n) is 3.78. The van der Waals surface area contributed by atoms with Gasteiger partial charge < -0.3 is 19.1 Å². The van der Waals surface area contributed by atoms with Crippen molar-refractivity contribution in [2.75, 3.05) is 0 Å². The van der Waals surface area contributed by atoms with Gasteiger partial charge in [0.2, 0.25) is 0 Å². The number of hydrogen-bond acceptors (Lipinski definition) is 6. The summed E-state index contributed by atoms with van der Waals surface area (Å²) in [5.41, 5.74) is 0.0469. The third kappa shape index (κ3) is 3.69. The summed E-state index contributed by atoms with van der Waals surface area (Å²) >= 11 is 0. The van der Waals surface area contributed by atoms with Gasteiger partial charge in [0.1, 0.15) is 5.82 Å². The van der Waals surface area contributed by atoms with Gasteiger partial charge in [-0.15, -0.1) is 0 Å². The fourth-order valence-corrected chi connectivity index (χ4v) is 3.78. The van der Waals surface area contributed by atoms with Crippen molar-refractivity contribution in [2.45, 2.75) is 71.5 Å². The molecule has 1 saturated heterocycles. The van der Waals surface area contributed by atoms with Crippen molar-refractivity contribution in [2.24, 2.45) is 0 Å². The maximum atomic E-state index is 13.4. The van der Waals surface area contributed by atoms with Crippen LogP contribution in [-0.4, -0.2) is 43.3 Å². The van der Waals surface area contributed by atoms with Crippen LogP contribution in [0.15, 0.2) is 18.3 Å². The average molecular weight is 397 g/mol. The summed E-state index contributed by atoms with van der Waals surface area (Å²) in [7, 11) is 0. The Morgan fingerprint density at radius 3 is 2.28 bits per heavy atom. The first-order valence-electron chi connectivity index (χ1n) is 9.46. The maximum Gasteiger partial charge on any atom is 1.00 e. The van der Waals surface area contributed by atoms with Gasteiger partial charge in [0.25, 0.3) is 0 Å². The Labute approximate surface area is 182 Å². The van der Waals surface area contributed by atoms with Gasteiger partial charge in [0, 0.05) is 16.9 Å². The fraction of sp³-hybridized carbons (Fsp3) is 0.579. The molecule has 4 rings (SSSR count). The Kier molecular flexibility index (Phi) is 5.35. The van der Waals surface area contributed by atoms with Crippen LogP contribution in [0.3, 0.4) is 0 Å². The smallest absolute Gasteiger partial charge is 0.555 e. The van der Waals surface area contributed by atoms with Gasteiger partial charge in [-0.3, -0.25) is 9.67 Å². The molecule has 29 heavy (non-hydrogen) atoms. The normalized spacial score (nSPS) is 23.3. The molecule has 4 heterocycles. The Morgan fingerprint density at radius 1 is 1.10 bits per heavy atom. The molecule has 2 aliphatic heterocycles. The molecule has 1 N–H and O–H groups in total. The Bertz CT molecular complexity index is 914. The molecule has 0 radical (unpaired) electrons. The molecule has 0 aromatic carbocycles. The Balaban J connectivity index is 0.00000240. The van der Waals surface area contributed by atoms with Crippen LogP contribution < -0.4 is 24.3 Å². The minimum atomic E-state index is -2.85. The second-order valence-electron chi connectivity index (χ2n) is 9.20. The van der Waals surface area contributed by atoms with Gasteiger partial charge in [-0.25, -0.2) is 4.39 Å². The molecule has 0 bridgehead atoms. The molecule has 2 aliphatic rings. The molecule has 0 unspecified atom stereocenters. The summed E-state index contributed by atoms with van der Waals surface area (Å²) in [6.07, 6.45) is 1.12. The summed E-state index contributed by atoms with van der Waals surface area (Å²) in [6.45, 7) is 9.33. The second kappa shape index (κ2) is 6.91. The largest absolute Gasteiger partial charge is 1.00 e. The third-order valence-corrected chi connectivity index (χ3v) is 5.92. The Morgan fingerprint density at radius 2 is 1.72 bits per heavy atom. The molecular formula is C19H26BFLiN3O4. The number of ether oxygens (including phenoxy) is 1. The van der Waals surface area contributed by atoms with Crippen molar-refractivity contribution >= 4 is 12.2 Å². The van der Waals surface area contributed by atoms with Gasteiger partial charge in [-0.1, -0.05) is 5.46 Å². The van der Waals surface area contributed by atoms with E-state index in [-0.39, 0.29) is 25.5 Å². The minimum Gasteiger partial charge on any atom is -0.555 e. The molecule has 0 saturated carbocycles. The molecule has 1 fully saturated rings. The standard InChI is InChI=1S/C19H26BFN3O4.Li/c1-17(2)11-24-14(10-26-17)15(16(23-24)13-8-7-12(21)9-22-13)20(25)27-18(3,4)19(5,6)28-20;/h7-9,25H,10-11H2,1-6H3;/q-1;+1. The van der Waals surface area contributed by atoms with Crippen molar-refractivity contribution in [3.8, 4) is 11.4 Å². The van der Waals surface area contributed by atoms with Crippen LogP contribution in [0.5, 0.6) is 0 Å². The number of fused-ring (bicyclic) bond motifs is 1. The second-order valence-corrected chi connectivity index (χ2v) is 9.20. The van der Waals surface area contributed by atoms with Crippen molar-refractivity contribution in [1.29, 1.82) is 0 Å². The quantitative estimate of drug-likeness (QED) is 0.665. The van der Waals surface area contributed by atoms with Crippen molar-refractivity contribution < 1.29 is 42.3 Å². The predicted octanol–water partition coefficient (Wildman–Crippen LogP) is -0.861. The predicted molar refractivity (Wildman–Crippen MR) is 102 cm³/mol. The maximum absolute atomic E-state index is 13.4. The van der Waals surface area contributed by atoms with Crippen LogP contribution in [0.25, 0.3) is 11.4 Å². The zero-order chi connectivity index (χ0) is 20.5. The van der Waals surface area contributed by atoms with Crippen LogP contribution in [-0.2, 0) is 27.2 Å². The third-order valence-electron chi connectivity index (χ3n) is 5.92. The number of aromatic nitrogens is 3. The topological polar surface area (TPSA) is 78.6 Å². The van der Waals surface area contributed by atoms with E-state index in [4.69, 9.17) is 14.0 Å². The van der Waals surface area contributed by atoms with Gasteiger partial charge in [-0.2, -0.15) is 5.10 Å². The first kappa shape index (κ1) is 22.5. The van der Waals surface area contributed by atoms with Gasteiger partial charge in [0.05, 0.1) is 36.3 Å². The SMILES string of the molecule is CC1(C)Cn2nc(-c3ccc(F)cn3)c([B-]3(O)OC(C)(C)C(C)(C)O3)c2CO1.[Li+]. The molecule has 0 amide bonds. The van der Waals surface area contributed by atoms with Crippen molar-refractivity contribution in [3.63, 3.8) is 0 Å². The van der Waals surface area contributed by atoms with E-state index in [1.807, 2.05) is 41.5 Å². The minimum absolute atomic E-state index is 0. The van der Waals surface area contributed by atoms with Crippen LogP contribution in [0.1, 0.15) is 47.2 Å². The molecule has 0 spiro atoms. The number of nitrogens with zero attached hydrogens (tertiary/aromatic N) is 3. The van der Waals surface area contributed by atoms with E-state index in [0.29, 0.717) is 29.1 Å². The molecule has 152 valence electrons. The summed E-state index contributed by atoms with van der Waals surface area (Å²) in [6, 6.07) is 2.84. The first-order valence-corrected chi connectivity index (χ1v) is 9.46. The monoisotopic (exact) mass is 397 g/mol. The van der Waals surface area contributed by atoms with Crippen molar-refractivity contribution in [1.82, 2.24) is 14.8 Å². The van der Waals surface area contributed by atoms with Gasteiger partial charge >= 0.3 is 25.6 Å². The van der Waals surface area contributed by atoms with E-state index < -0.39 is 29.4 Å². The molecule has 10 heteroatoms. The van der Waals surface area contributed by atoms with Crippen LogP contribution >= 0.6 is 0 Å². The molecule has 0 atom stereocenters. The van der Waals surface area contributed by atoms with Crippen LogP contribution in [0.2, 0.25) is 0 Å². The molecule has 2 aromatic rings. The Hall–Kier alpha value is -1.21. The number of hydrogen-bond donors (Lipinski definition) is 1. The summed E-state index contributed by atoms with van der Waals surface area (Å²) in [5.74, 6) is -0.446. The van der Waals surface area contributed by atoms with Crippen molar-refractivity contribution in [3.05, 3.63) is 29.8 Å². The first-order chi connectivity index (χ1) is 12.8. The van der Waals surface area contributed by atoms with Crippen LogP contribution in [0.4, 0.5) is 4.39 Å².